The Kier molecular flexibility index (Phi) is 4.99. The number of anilines is 1. The number of rotatable bonds is 4. The summed E-state index contributed by atoms with van der Waals surface area (Å²) in [5, 5.41) is 0. The Morgan fingerprint density at radius 3 is 2.00 bits per heavy atom. The molecule has 5 nitrogen and oxygen atoms in total. The van der Waals surface area contributed by atoms with E-state index >= 15 is 0 Å². The lowest BCUT2D eigenvalue weighted by molar-refractivity contribution is 0.00695. The van der Waals surface area contributed by atoms with Gasteiger partial charge in [0.05, 0.1) is 10.5 Å². The highest BCUT2D eigenvalue weighted by molar-refractivity contribution is 7.92. The maximum absolute atomic E-state index is 12.3. The van der Waals surface area contributed by atoms with Crippen LogP contribution in [0.3, 0.4) is 0 Å². The summed E-state index contributed by atoms with van der Waals surface area (Å²) in [5.74, 6) is -0.449. The van der Waals surface area contributed by atoms with E-state index in [-0.39, 0.29) is 4.90 Å². The van der Waals surface area contributed by atoms with Crippen LogP contribution >= 0.6 is 0 Å². The predicted molar refractivity (Wildman–Crippen MR) is 93.6 cm³/mol. The third-order valence-electron chi connectivity index (χ3n) is 3.10. The molecule has 0 aliphatic heterocycles. The Hall–Kier alpha value is -2.34. The van der Waals surface area contributed by atoms with Crippen LogP contribution < -0.4 is 4.72 Å². The lowest BCUT2D eigenvalue weighted by Gasteiger charge is -2.19. The van der Waals surface area contributed by atoms with E-state index in [0.29, 0.717) is 11.3 Å². The van der Waals surface area contributed by atoms with Crippen molar-refractivity contribution in [2.75, 3.05) is 4.72 Å². The number of hydrogen-bond acceptors (Lipinski definition) is 4. The SMILES string of the molecule is Cc1ccc(S(=O)(=O)Nc2ccc(C(=O)OC(C)(C)C)cc2)cc1. The van der Waals surface area contributed by atoms with Gasteiger partial charge >= 0.3 is 5.97 Å². The van der Waals surface area contributed by atoms with Crippen LogP contribution in [0.25, 0.3) is 0 Å². The second kappa shape index (κ2) is 6.65. The minimum Gasteiger partial charge on any atom is -0.456 e. The summed E-state index contributed by atoms with van der Waals surface area (Å²) in [7, 11) is -3.66. The molecule has 6 heteroatoms. The molecule has 2 rings (SSSR count). The molecular formula is C18H21NO4S. The molecule has 0 heterocycles. The summed E-state index contributed by atoms with van der Waals surface area (Å²) in [4.78, 5) is 12.1. The molecule has 0 amide bonds. The van der Waals surface area contributed by atoms with Crippen molar-refractivity contribution in [3.05, 3.63) is 59.7 Å². The van der Waals surface area contributed by atoms with Crippen molar-refractivity contribution in [1.82, 2.24) is 0 Å². The first kappa shape index (κ1) is 18.0. The van der Waals surface area contributed by atoms with E-state index in [4.69, 9.17) is 4.74 Å². The molecule has 0 bridgehead atoms. The number of esters is 1. The molecule has 1 N–H and O–H groups in total. The van der Waals surface area contributed by atoms with Crippen molar-refractivity contribution < 1.29 is 17.9 Å². The third kappa shape index (κ3) is 4.83. The molecule has 0 aromatic heterocycles. The normalized spacial score (nSPS) is 11.8. The van der Waals surface area contributed by atoms with E-state index in [1.54, 1.807) is 45.0 Å². The Labute approximate surface area is 142 Å². The largest absolute Gasteiger partial charge is 0.456 e. The molecule has 0 radical (unpaired) electrons. The number of carbonyl (C=O) groups is 1. The van der Waals surface area contributed by atoms with Gasteiger partial charge in [0.25, 0.3) is 10.0 Å². The summed E-state index contributed by atoms with van der Waals surface area (Å²) in [6, 6.07) is 12.7. The minimum atomic E-state index is -3.66. The lowest BCUT2D eigenvalue weighted by Crippen LogP contribution is -2.23. The van der Waals surface area contributed by atoms with Crippen LogP contribution in [0.1, 0.15) is 36.7 Å². The minimum absolute atomic E-state index is 0.185. The van der Waals surface area contributed by atoms with Crippen molar-refractivity contribution in [2.24, 2.45) is 0 Å². The number of sulfonamides is 1. The molecule has 0 saturated heterocycles. The standard InChI is InChI=1S/C18H21NO4S/c1-13-5-11-16(12-6-13)24(21,22)19-15-9-7-14(8-10-15)17(20)23-18(2,3)4/h5-12,19H,1-4H3. The van der Waals surface area contributed by atoms with Gasteiger partial charge in [-0.2, -0.15) is 0 Å². The molecule has 0 unspecified atom stereocenters. The van der Waals surface area contributed by atoms with Crippen molar-refractivity contribution in [1.29, 1.82) is 0 Å². The quantitative estimate of drug-likeness (QED) is 0.855. The average Bonchev–Trinajstić information content (AvgIpc) is 2.46. The molecule has 0 atom stereocenters. The molecule has 0 aliphatic rings. The fourth-order valence-electron chi connectivity index (χ4n) is 1.94. The van der Waals surface area contributed by atoms with Crippen molar-refractivity contribution in [3.8, 4) is 0 Å². The van der Waals surface area contributed by atoms with Crippen LogP contribution in [-0.2, 0) is 14.8 Å². The summed E-state index contributed by atoms with van der Waals surface area (Å²) in [6.07, 6.45) is 0. The molecule has 0 spiro atoms. The van der Waals surface area contributed by atoms with Crippen molar-refractivity contribution >= 4 is 21.7 Å². The molecule has 2 aromatic carbocycles. The van der Waals surface area contributed by atoms with Crippen LogP contribution in [0.5, 0.6) is 0 Å². The first-order valence-electron chi connectivity index (χ1n) is 7.50. The first-order valence-corrected chi connectivity index (χ1v) is 8.98. The monoisotopic (exact) mass is 347 g/mol. The zero-order valence-corrected chi connectivity index (χ0v) is 15.0. The Bertz CT molecular complexity index is 817. The fourth-order valence-corrected chi connectivity index (χ4v) is 3.00. The van der Waals surface area contributed by atoms with Gasteiger partial charge in [0.2, 0.25) is 0 Å². The molecular weight excluding hydrogens is 326 g/mol. The van der Waals surface area contributed by atoms with E-state index < -0.39 is 21.6 Å². The van der Waals surface area contributed by atoms with Gasteiger partial charge in [-0.15, -0.1) is 0 Å². The zero-order valence-electron chi connectivity index (χ0n) is 14.2. The van der Waals surface area contributed by atoms with Gasteiger partial charge in [-0.25, -0.2) is 13.2 Å². The highest BCUT2D eigenvalue weighted by Crippen LogP contribution is 2.18. The second-order valence-electron chi connectivity index (χ2n) is 6.50. The summed E-state index contributed by atoms with van der Waals surface area (Å²) < 4.78 is 32.4. The van der Waals surface area contributed by atoms with Gasteiger partial charge in [-0.1, -0.05) is 17.7 Å². The molecule has 0 aliphatic carbocycles. The number of aryl methyl sites for hydroxylation is 1. The molecule has 0 fully saturated rings. The average molecular weight is 347 g/mol. The van der Waals surface area contributed by atoms with Crippen LogP contribution in [0.15, 0.2) is 53.4 Å². The van der Waals surface area contributed by atoms with Crippen LogP contribution in [0, 0.1) is 6.92 Å². The number of nitrogens with one attached hydrogen (secondary N) is 1. The number of hydrogen-bond donors (Lipinski definition) is 1. The zero-order chi connectivity index (χ0) is 18.0. The fraction of sp³-hybridized carbons (Fsp3) is 0.278. The maximum Gasteiger partial charge on any atom is 0.338 e. The van der Waals surface area contributed by atoms with E-state index in [2.05, 4.69) is 4.72 Å². The second-order valence-corrected chi connectivity index (χ2v) is 8.18. The number of ether oxygens (including phenoxy) is 1. The van der Waals surface area contributed by atoms with Gasteiger partial charge in [-0.3, -0.25) is 4.72 Å². The highest BCUT2D eigenvalue weighted by Gasteiger charge is 2.18. The van der Waals surface area contributed by atoms with E-state index in [9.17, 15) is 13.2 Å². The van der Waals surface area contributed by atoms with Gasteiger partial charge in [-0.05, 0) is 64.1 Å². The summed E-state index contributed by atoms with van der Waals surface area (Å²) in [6.45, 7) is 7.25. The Balaban J connectivity index is 2.14. The van der Waals surface area contributed by atoms with Crippen LogP contribution in [-0.4, -0.2) is 20.0 Å². The predicted octanol–water partition coefficient (Wildman–Crippen LogP) is 3.75. The highest BCUT2D eigenvalue weighted by atomic mass is 32.2. The number of carbonyl (C=O) groups excluding carboxylic acids is 1. The smallest absolute Gasteiger partial charge is 0.338 e. The summed E-state index contributed by atoms with van der Waals surface area (Å²) in [5.41, 5.74) is 1.14. The van der Waals surface area contributed by atoms with Crippen LogP contribution in [0.2, 0.25) is 0 Å². The lowest BCUT2D eigenvalue weighted by atomic mass is 10.1. The topological polar surface area (TPSA) is 72.5 Å². The molecule has 0 saturated carbocycles. The molecule has 128 valence electrons. The maximum atomic E-state index is 12.3. The van der Waals surface area contributed by atoms with Gasteiger partial charge < -0.3 is 4.74 Å². The van der Waals surface area contributed by atoms with Gasteiger partial charge in [0, 0.05) is 5.69 Å². The molecule has 2 aromatic rings. The van der Waals surface area contributed by atoms with Crippen LogP contribution in [0.4, 0.5) is 5.69 Å². The Morgan fingerprint density at radius 2 is 1.50 bits per heavy atom. The van der Waals surface area contributed by atoms with E-state index in [0.717, 1.165) is 5.56 Å². The Morgan fingerprint density at radius 1 is 0.958 bits per heavy atom. The first-order chi connectivity index (χ1) is 11.1. The summed E-state index contributed by atoms with van der Waals surface area (Å²) >= 11 is 0. The van der Waals surface area contributed by atoms with Crippen molar-refractivity contribution in [3.63, 3.8) is 0 Å². The number of benzene rings is 2. The molecule has 24 heavy (non-hydrogen) atoms. The van der Waals surface area contributed by atoms with E-state index in [1.807, 2.05) is 6.92 Å². The van der Waals surface area contributed by atoms with Crippen molar-refractivity contribution in [2.45, 2.75) is 38.2 Å². The third-order valence-corrected chi connectivity index (χ3v) is 4.50. The van der Waals surface area contributed by atoms with E-state index in [1.165, 1.54) is 24.3 Å². The van der Waals surface area contributed by atoms with Gasteiger partial charge in [0.1, 0.15) is 5.60 Å². The van der Waals surface area contributed by atoms with Gasteiger partial charge in [0.15, 0.2) is 0 Å².